The third-order valence-electron chi connectivity index (χ3n) is 9.11. The zero-order valence-corrected chi connectivity index (χ0v) is 17.8. The first-order valence-electron chi connectivity index (χ1n) is 10.3. The molecule has 4 saturated carbocycles. The van der Waals surface area contributed by atoms with Gasteiger partial charge in [-0.2, -0.15) is 0 Å². The second kappa shape index (κ2) is 6.02. The average Bonchev–Trinajstić information content (AvgIpc) is 2.86. The standard InChI is InChI=1S/C21H31BrO5/c1-18-6-5-14-12(13(18)3-4-15(18)23)9-16(24)21(22)11-20(27,10-17(25)26)8-7-19(14,21)2/h12-14,16,24,27H,3-11H2,1-2H3,(H,25,26)/t12-,13-,14-,16?,18-,19+,20?,21?/m0/s1. The fourth-order valence-electron chi connectivity index (χ4n) is 7.52. The molecular formula is C21H31BrO5. The first-order chi connectivity index (χ1) is 12.5. The van der Waals surface area contributed by atoms with E-state index in [4.69, 9.17) is 0 Å². The SMILES string of the molecule is C[C@]12CC[C@H]3[C@@H](CC(O)C4(Br)CC(O)(CC(=O)O)CC[C@]34C)[C@@H]1CCC2=O. The lowest BCUT2D eigenvalue weighted by atomic mass is 9.43. The Kier molecular flexibility index (Phi) is 4.42. The van der Waals surface area contributed by atoms with Crippen LogP contribution in [-0.2, 0) is 9.59 Å². The van der Waals surface area contributed by atoms with Crippen LogP contribution in [0.15, 0.2) is 0 Å². The van der Waals surface area contributed by atoms with Crippen LogP contribution in [0.5, 0.6) is 0 Å². The number of hydrogen-bond acceptors (Lipinski definition) is 4. The minimum atomic E-state index is -1.28. The van der Waals surface area contributed by atoms with Crippen molar-refractivity contribution in [3.8, 4) is 0 Å². The summed E-state index contributed by atoms with van der Waals surface area (Å²) in [6.07, 6.45) is 4.55. The van der Waals surface area contributed by atoms with Crippen molar-refractivity contribution in [1.82, 2.24) is 0 Å². The van der Waals surface area contributed by atoms with Crippen LogP contribution < -0.4 is 0 Å². The monoisotopic (exact) mass is 442 g/mol. The Balaban J connectivity index is 1.68. The molecular weight excluding hydrogens is 412 g/mol. The van der Waals surface area contributed by atoms with Gasteiger partial charge in [-0.1, -0.05) is 29.8 Å². The Morgan fingerprint density at radius 1 is 1.19 bits per heavy atom. The fourth-order valence-corrected chi connectivity index (χ4v) is 8.72. The lowest BCUT2D eigenvalue weighted by Gasteiger charge is -2.66. The second-order valence-corrected chi connectivity index (χ2v) is 11.7. The number of rotatable bonds is 2. The summed E-state index contributed by atoms with van der Waals surface area (Å²) in [5, 5.41) is 31.4. The molecule has 3 unspecified atom stereocenters. The molecule has 0 aliphatic heterocycles. The number of alkyl halides is 1. The van der Waals surface area contributed by atoms with Crippen molar-refractivity contribution in [1.29, 1.82) is 0 Å². The van der Waals surface area contributed by atoms with Gasteiger partial charge in [0.25, 0.3) is 0 Å². The van der Waals surface area contributed by atoms with Crippen LogP contribution in [0.25, 0.3) is 0 Å². The van der Waals surface area contributed by atoms with Crippen molar-refractivity contribution in [2.24, 2.45) is 28.6 Å². The number of carboxylic acids is 1. The van der Waals surface area contributed by atoms with E-state index in [0.717, 1.165) is 19.3 Å². The molecule has 0 aromatic rings. The molecule has 0 aromatic carbocycles. The van der Waals surface area contributed by atoms with Gasteiger partial charge >= 0.3 is 5.97 Å². The van der Waals surface area contributed by atoms with E-state index in [1.54, 1.807) is 0 Å². The maximum absolute atomic E-state index is 12.5. The number of aliphatic carboxylic acids is 1. The highest BCUT2D eigenvalue weighted by atomic mass is 79.9. The van der Waals surface area contributed by atoms with Gasteiger partial charge in [0, 0.05) is 11.8 Å². The zero-order chi connectivity index (χ0) is 19.8. The number of aliphatic hydroxyl groups excluding tert-OH is 1. The van der Waals surface area contributed by atoms with Gasteiger partial charge in [0.1, 0.15) is 5.78 Å². The molecule has 27 heavy (non-hydrogen) atoms. The highest BCUT2D eigenvalue weighted by molar-refractivity contribution is 9.10. The Morgan fingerprint density at radius 2 is 1.89 bits per heavy atom. The van der Waals surface area contributed by atoms with Crippen LogP contribution in [-0.4, -0.2) is 43.1 Å². The second-order valence-electron chi connectivity index (χ2n) is 10.3. The minimum absolute atomic E-state index is 0.215. The zero-order valence-electron chi connectivity index (χ0n) is 16.2. The predicted molar refractivity (Wildman–Crippen MR) is 103 cm³/mol. The van der Waals surface area contributed by atoms with Crippen LogP contribution >= 0.6 is 15.9 Å². The summed E-state index contributed by atoms with van der Waals surface area (Å²) >= 11 is 3.85. The lowest BCUT2D eigenvalue weighted by molar-refractivity contribution is -0.176. The molecule has 0 heterocycles. The van der Waals surface area contributed by atoms with Gasteiger partial charge in [-0.3, -0.25) is 9.59 Å². The van der Waals surface area contributed by atoms with Crippen LogP contribution in [0.2, 0.25) is 0 Å². The number of halogens is 1. The fraction of sp³-hybridized carbons (Fsp3) is 0.905. The summed E-state index contributed by atoms with van der Waals surface area (Å²) in [6, 6.07) is 0. The Hall–Kier alpha value is -0.460. The molecule has 0 spiro atoms. The summed E-state index contributed by atoms with van der Waals surface area (Å²) < 4.78 is -0.681. The molecule has 0 aromatic heterocycles. The number of Topliss-reactive ketones (excluding diaryl/α,β-unsaturated/α-hetero) is 1. The first kappa shape index (κ1) is 19.8. The van der Waals surface area contributed by atoms with Crippen molar-refractivity contribution < 1.29 is 24.9 Å². The number of carbonyl (C=O) groups excluding carboxylic acids is 1. The molecule has 0 saturated heterocycles. The largest absolute Gasteiger partial charge is 0.481 e. The Morgan fingerprint density at radius 3 is 2.56 bits per heavy atom. The molecule has 8 atom stereocenters. The van der Waals surface area contributed by atoms with E-state index in [2.05, 4.69) is 29.8 Å². The van der Waals surface area contributed by atoms with Crippen molar-refractivity contribution in [2.45, 2.75) is 87.7 Å². The molecule has 0 amide bonds. The molecule has 4 aliphatic carbocycles. The highest BCUT2D eigenvalue weighted by Crippen LogP contribution is 2.69. The third kappa shape index (κ3) is 2.62. The van der Waals surface area contributed by atoms with E-state index < -0.39 is 22.0 Å². The van der Waals surface area contributed by atoms with E-state index in [-0.39, 0.29) is 23.7 Å². The Bertz CT molecular complexity index is 681. The maximum atomic E-state index is 12.5. The number of ketones is 1. The molecule has 6 heteroatoms. The number of hydrogen-bond donors (Lipinski definition) is 3. The first-order valence-corrected chi connectivity index (χ1v) is 11.1. The maximum Gasteiger partial charge on any atom is 0.306 e. The summed E-state index contributed by atoms with van der Waals surface area (Å²) in [5.74, 6) is 0.441. The van der Waals surface area contributed by atoms with E-state index in [1.165, 1.54) is 0 Å². The number of carbonyl (C=O) groups is 2. The van der Waals surface area contributed by atoms with Gasteiger partial charge in [-0.15, -0.1) is 0 Å². The summed E-state index contributed by atoms with van der Waals surface area (Å²) in [6.45, 7) is 4.34. The number of aliphatic hydroxyl groups is 2. The van der Waals surface area contributed by atoms with Crippen molar-refractivity contribution in [3.63, 3.8) is 0 Å². The van der Waals surface area contributed by atoms with Crippen LogP contribution in [0.3, 0.4) is 0 Å². The van der Waals surface area contributed by atoms with Gasteiger partial charge in [-0.25, -0.2) is 0 Å². The molecule has 4 rings (SSSR count). The minimum Gasteiger partial charge on any atom is -0.481 e. The van der Waals surface area contributed by atoms with Gasteiger partial charge in [-0.05, 0) is 68.1 Å². The summed E-state index contributed by atoms with van der Waals surface area (Å²) in [4.78, 5) is 23.8. The smallest absolute Gasteiger partial charge is 0.306 e. The molecule has 0 radical (unpaired) electrons. The van der Waals surface area contributed by atoms with Crippen LogP contribution in [0.4, 0.5) is 0 Å². The normalized spacial score (nSPS) is 54.8. The predicted octanol–water partition coefficient (Wildman–Crippen LogP) is 3.29. The summed E-state index contributed by atoms with van der Waals surface area (Å²) in [7, 11) is 0. The van der Waals surface area contributed by atoms with E-state index in [0.29, 0.717) is 49.2 Å². The molecule has 0 bridgehead atoms. The van der Waals surface area contributed by atoms with Crippen molar-refractivity contribution in [2.75, 3.05) is 0 Å². The highest BCUT2D eigenvalue weighted by Gasteiger charge is 2.68. The Labute approximate surface area is 169 Å². The van der Waals surface area contributed by atoms with Gasteiger partial charge < -0.3 is 15.3 Å². The topological polar surface area (TPSA) is 94.8 Å². The molecule has 4 aliphatic rings. The van der Waals surface area contributed by atoms with Gasteiger partial charge in [0.05, 0.1) is 22.5 Å². The van der Waals surface area contributed by atoms with Gasteiger partial charge in [0.15, 0.2) is 0 Å². The van der Waals surface area contributed by atoms with E-state index in [9.17, 15) is 24.9 Å². The molecule has 4 fully saturated rings. The van der Waals surface area contributed by atoms with E-state index >= 15 is 0 Å². The van der Waals surface area contributed by atoms with E-state index in [1.807, 2.05) is 0 Å². The van der Waals surface area contributed by atoms with Crippen LogP contribution in [0, 0.1) is 28.6 Å². The number of carboxylic acid groups (broad SMARTS) is 1. The number of fused-ring (bicyclic) bond motifs is 5. The molecule has 152 valence electrons. The molecule has 5 nitrogen and oxygen atoms in total. The van der Waals surface area contributed by atoms with Crippen LogP contribution in [0.1, 0.15) is 71.6 Å². The van der Waals surface area contributed by atoms with Crippen molar-refractivity contribution >= 4 is 27.7 Å². The third-order valence-corrected chi connectivity index (χ3v) is 10.8. The van der Waals surface area contributed by atoms with Gasteiger partial charge in [0.2, 0.25) is 0 Å². The lowest BCUT2D eigenvalue weighted by Crippen LogP contribution is -2.67. The summed E-state index contributed by atoms with van der Waals surface area (Å²) in [5.41, 5.74) is -1.73. The van der Waals surface area contributed by atoms with Crippen molar-refractivity contribution in [3.05, 3.63) is 0 Å². The quantitative estimate of drug-likeness (QED) is 0.570. The molecule has 3 N–H and O–H groups in total. The average molecular weight is 443 g/mol.